The number of fused-ring (bicyclic) bond motifs is 1. The van der Waals surface area contributed by atoms with Gasteiger partial charge in [-0.25, -0.2) is 4.98 Å². The molecule has 2 amide bonds. The highest BCUT2D eigenvalue weighted by atomic mass is 35.5. The molecule has 0 spiro atoms. The second-order valence-electron chi connectivity index (χ2n) is 4.68. The van der Waals surface area contributed by atoms with Crippen LogP contribution < -0.4 is 9.80 Å². The molecule has 1 aliphatic rings. The predicted molar refractivity (Wildman–Crippen MR) is 80.9 cm³/mol. The van der Waals surface area contributed by atoms with Gasteiger partial charge >= 0.3 is 0 Å². The molecule has 3 rings (SSSR count). The van der Waals surface area contributed by atoms with Crippen LogP contribution in [0.4, 0.5) is 17.2 Å². The molecule has 2 aromatic rings. The number of pyridine rings is 1. The van der Waals surface area contributed by atoms with Gasteiger partial charge in [0.15, 0.2) is 0 Å². The molecule has 0 bridgehead atoms. The number of carbonyl (C=O) groups excluding carboxylic acids is 2. The lowest BCUT2D eigenvalue weighted by Gasteiger charge is -2.23. The van der Waals surface area contributed by atoms with E-state index in [1.54, 1.807) is 49.6 Å². The zero-order valence-corrected chi connectivity index (χ0v) is 12.0. The van der Waals surface area contributed by atoms with Gasteiger partial charge in [0, 0.05) is 18.3 Å². The van der Waals surface area contributed by atoms with Crippen molar-refractivity contribution in [2.75, 3.05) is 16.8 Å². The number of nitrogens with zero attached hydrogens (tertiary/aromatic N) is 3. The molecule has 1 aromatic carbocycles. The van der Waals surface area contributed by atoms with Crippen LogP contribution in [0.5, 0.6) is 0 Å². The minimum atomic E-state index is -0.327. The van der Waals surface area contributed by atoms with Gasteiger partial charge in [0.2, 0.25) is 11.8 Å². The van der Waals surface area contributed by atoms with Crippen molar-refractivity contribution in [2.24, 2.45) is 0 Å². The molecule has 0 unspecified atom stereocenters. The highest BCUT2D eigenvalue weighted by molar-refractivity contribution is 6.31. The molecule has 0 radical (unpaired) electrons. The average molecular weight is 302 g/mol. The number of rotatable bonds is 1. The Hall–Kier alpha value is -2.40. The Kier molecular flexibility index (Phi) is 3.35. The van der Waals surface area contributed by atoms with E-state index >= 15 is 0 Å². The monoisotopic (exact) mass is 301 g/mol. The first-order valence-electron chi connectivity index (χ1n) is 6.38. The van der Waals surface area contributed by atoms with Crippen molar-refractivity contribution in [3.8, 4) is 0 Å². The SMILES string of the molecule is CN1C(=O)CC(=O)N(c2ccccn2)c2cc(Cl)ccc21. The molecule has 0 fully saturated rings. The van der Waals surface area contributed by atoms with Crippen LogP contribution in [-0.2, 0) is 9.59 Å². The Morgan fingerprint density at radius 2 is 1.90 bits per heavy atom. The number of carbonyl (C=O) groups is 2. The summed E-state index contributed by atoms with van der Waals surface area (Å²) in [4.78, 5) is 31.6. The van der Waals surface area contributed by atoms with E-state index in [-0.39, 0.29) is 18.2 Å². The Labute approximate surface area is 126 Å². The van der Waals surface area contributed by atoms with E-state index in [1.807, 2.05) is 0 Å². The summed E-state index contributed by atoms with van der Waals surface area (Å²) in [6, 6.07) is 10.4. The maximum Gasteiger partial charge on any atom is 0.242 e. The van der Waals surface area contributed by atoms with Crippen LogP contribution in [0.15, 0.2) is 42.6 Å². The van der Waals surface area contributed by atoms with E-state index in [2.05, 4.69) is 4.98 Å². The Bertz CT molecular complexity index is 718. The molecular weight excluding hydrogens is 290 g/mol. The molecule has 5 nitrogen and oxygen atoms in total. The quantitative estimate of drug-likeness (QED) is 0.761. The van der Waals surface area contributed by atoms with Gasteiger partial charge in [-0.05, 0) is 30.3 Å². The van der Waals surface area contributed by atoms with Crippen LogP contribution in [-0.4, -0.2) is 23.8 Å². The molecule has 1 aromatic heterocycles. The number of halogens is 1. The third-order valence-corrected chi connectivity index (χ3v) is 3.58. The Morgan fingerprint density at radius 3 is 2.62 bits per heavy atom. The molecular formula is C15H12ClN3O2. The number of anilines is 3. The number of aromatic nitrogens is 1. The third kappa shape index (κ3) is 2.36. The van der Waals surface area contributed by atoms with Gasteiger partial charge in [0.25, 0.3) is 0 Å². The van der Waals surface area contributed by atoms with Gasteiger partial charge in [-0.1, -0.05) is 17.7 Å². The second-order valence-corrected chi connectivity index (χ2v) is 5.12. The van der Waals surface area contributed by atoms with E-state index in [0.717, 1.165) is 0 Å². The van der Waals surface area contributed by atoms with Crippen LogP contribution in [0.25, 0.3) is 0 Å². The fourth-order valence-electron chi connectivity index (χ4n) is 2.29. The van der Waals surface area contributed by atoms with Crippen molar-refractivity contribution in [3.63, 3.8) is 0 Å². The first-order valence-corrected chi connectivity index (χ1v) is 6.76. The second kappa shape index (κ2) is 5.18. The van der Waals surface area contributed by atoms with Crippen molar-refractivity contribution >= 4 is 40.6 Å². The van der Waals surface area contributed by atoms with Crippen molar-refractivity contribution in [2.45, 2.75) is 6.42 Å². The molecule has 0 N–H and O–H groups in total. The van der Waals surface area contributed by atoms with Crippen LogP contribution >= 0.6 is 11.6 Å². The summed E-state index contributed by atoms with van der Waals surface area (Å²) < 4.78 is 0. The third-order valence-electron chi connectivity index (χ3n) is 3.34. The van der Waals surface area contributed by atoms with Crippen LogP contribution in [0.2, 0.25) is 5.02 Å². The summed E-state index contributed by atoms with van der Waals surface area (Å²) in [5.41, 5.74) is 1.18. The summed E-state index contributed by atoms with van der Waals surface area (Å²) >= 11 is 6.05. The Morgan fingerprint density at radius 1 is 1.10 bits per heavy atom. The van der Waals surface area contributed by atoms with Crippen molar-refractivity contribution < 1.29 is 9.59 Å². The van der Waals surface area contributed by atoms with E-state index in [9.17, 15) is 9.59 Å². The Balaban J connectivity index is 2.24. The van der Waals surface area contributed by atoms with Gasteiger partial charge in [-0.2, -0.15) is 0 Å². The first-order chi connectivity index (χ1) is 10.1. The molecule has 21 heavy (non-hydrogen) atoms. The lowest BCUT2D eigenvalue weighted by atomic mass is 10.2. The molecule has 0 atom stereocenters. The summed E-state index contributed by atoms with van der Waals surface area (Å²) in [7, 11) is 1.64. The highest BCUT2D eigenvalue weighted by Gasteiger charge is 2.31. The number of amides is 2. The van der Waals surface area contributed by atoms with Gasteiger partial charge in [0.1, 0.15) is 12.2 Å². The molecule has 0 saturated heterocycles. The van der Waals surface area contributed by atoms with Gasteiger partial charge in [0.05, 0.1) is 11.4 Å². The van der Waals surface area contributed by atoms with E-state index in [4.69, 9.17) is 11.6 Å². The molecule has 1 aliphatic heterocycles. The standard InChI is InChI=1S/C15H12ClN3O2/c1-18-11-6-5-10(16)8-12(11)19(15(21)9-14(18)20)13-4-2-3-7-17-13/h2-8H,9H2,1H3. The number of hydrogen-bond acceptors (Lipinski definition) is 3. The minimum Gasteiger partial charge on any atom is -0.313 e. The fraction of sp³-hybridized carbons (Fsp3) is 0.133. The largest absolute Gasteiger partial charge is 0.313 e. The smallest absolute Gasteiger partial charge is 0.242 e. The average Bonchev–Trinajstić information content (AvgIpc) is 2.56. The lowest BCUT2D eigenvalue weighted by molar-refractivity contribution is -0.125. The number of hydrogen-bond donors (Lipinski definition) is 0. The topological polar surface area (TPSA) is 53.5 Å². The zero-order valence-electron chi connectivity index (χ0n) is 11.3. The summed E-state index contributed by atoms with van der Waals surface area (Å²) in [5, 5.41) is 0.491. The fourth-order valence-corrected chi connectivity index (χ4v) is 2.46. The van der Waals surface area contributed by atoms with E-state index in [0.29, 0.717) is 22.2 Å². The lowest BCUT2D eigenvalue weighted by Crippen LogP contribution is -2.29. The molecule has 2 heterocycles. The van der Waals surface area contributed by atoms with Crippen molar-refractivity contribution in [1.29, 1.82) is 0 Å². The predicted octanol–water partition coefficient (Wildman–Crippen LogP) is 2.77. The van der Waals surface area contributed by atoms with E-state index < -0.39 is 0 Å². The van der Waals surface area contributed by atoms with Gasteiger partial charge in [-0.15, -0.1) is 0 Å². The minimum absolute atomic E-state index is 0.209. The molecule has 106 valence electrons. The molecule has 6 heteroatoms. The van der Waals surface area contributed by atoms with E-state index in [1.165, 1.54) is 9.80 Å². The van der Waals surface area contributed by atoms with Crippen LogP contribution in [0, 0.1) is 0 Å². The highest BCUT2D eigenvalue weighted by Crippen LogP contribution is 2.38. The summed E-state index contributed by atoms with van der Waals surface area (Å²) in [6.45, 7) is 0. The zero-order chi connectivity index (χ0) is 15.0. The normalized spacial score (nSPS) is 15.0. The van der Waals surface area contributed by atoms with Crippen LogP contribution in [0.1, 0.15) is 6.42 Å². The summed E-state index contributed by atoms with van der Waals surface area (Å²) in [6.07, 6.45) is 1.39. The maximum atomic E-state index is 12.4. The van der Waals surface area contributed by atoms with Gasteiger partial charge in [-0.3, -0.25) is 14.5 Å². The van der Waals surface area contributed by atoms with Crippen molar-refractivity contribution in [1.82, 2.24) is 4.98 Å². The van der Waals surface area contributed by atoms with Crippen molar-refractivity contribution in [3.05, 3.63) is 47.6 Å². The number of benzene rings is 1. The maximum absolute atomic E-state index is 12.4. The summed E-state index contributed by atoms with van der Waals surface area (Å²) in [5.74, 6) is -0.123. The molecule has 0 saturated carbocycles. The van der Waals surface area contributed by atoms with Crippen LogP contribution in [0.3, 0.4) is 0 Å². The molecule has 0 aliphatic carbocycles. The first kappa shape index (κ1) is 13.6. The van der Waals surface area contributed by atoms with Gasteiger partial charge < -0.3 is 4.90 Å².